The molecule has 0 aromatic carbocycles. The Hall–Kier alpha value is -1.89. The number of aliphatic hydroxyl groups excluding tert-OH is 1. The maximum absolute atomic E-state index is 14.1. The van der Waals surface area contributed by atoms with Gasteiger partial charge in [0.1, 0.15) is 18.1 Å². The first-order chi connectivity index (χ1) is 31.9. The number of nitriles is 1. The van der Waals surface area contributed by atoms with Crippen LogP contribution in [0.25, 0.3) is 0 Å². The highest BCUT2D eigenvalue weighted by Gasteiger charge is 2.55. The predicted molar refractivity (Wildman–Crippen MR) is 274 cm³/mol. The Bertz CT molecular complexity index is 1930. The number of anilines is 1. The molecular formula is C54H94FN5O6S2. The van der Waals surface area contributed by atoms with Gasteiger partial charge in [0.25, 0.3) is 0 Å². The van der Waals surface area contributed by atoms with Crippen LogP contribution in [0.2, 0.25) is 0 Å². The van der Waals surface area contributed by atoms with Crippen molar-refractivity contribution in [1.82, 2.24) is 13.6 Å². The fourth-order valence-corrected chi connectivity index (χ4v) is 16.9. The Morgan fingerprint density at radius 2 is 1.32 bits per heavy atom. The fraction of sp³-hybridized carbons (Fsp3) is 0.889. The van der Waals surface area contributed by atoms with Crippen LogP contribution in [0.1, 0.15) is 164 Å². The van der Waals surface area contributed by atoms with Gasteiger partial charge in [-0.05, 0) is 192 Å². The van der Waals surface area contributed by atoms with Crippen LogP contribution in [0.4, 0.5) is 10.2 Å². The largest absolute Gasteiger partial charge is 0.392 e. The lowest BCUT2D eigenvalue weighted by Gasteiger charge is -2.59. The summed E-state index contributed by atoms with van der Waals surface area (Å²) in [4.78, 5) is 6.18. The molecule has 11 nitrogen and oxygen atoms in total. The van der Waals surface area contributed by atoms with Crippen molar-refractivity contribution in [3.05, 3.63) is 23.9 Å². The van der Waals surface area contributed by atoms with E-state index in [1.807, 2.05) is 11.0 Å². The lowest BCUT2D eigenvalue weighted by molar-refractivity contribution is -0.160. The molecule has 5 atom stereocenters. The second kappa shape index (κ2) is 25.2. The Balaban J connectivity index is 0.000000171. The summed E-state index contributed by atoms with van der Waals surface area (Å²) in [7, 11) is -2.94. The van der Waals surface area contributed by atoms with Crippen LogP contribution < -0.4 is 4.90 Å². The highest BCUT2D eigenvalue weighted by Crippen LogP contribution is 2.59. The SMILES string of the molecule is CC(C)C1C2CC3CC1CC(O)(C3)C2.CC(C)C1CCC(CS(=O)(=O)N(C)C)CC1.CC(C)C1CCC(CS(=O)(=O)N2CCC[C@@H](O)C2)CC1.CC(C)C1CCN(c2ccc(C#N)cn2)CC1F. The van der Waals surface area contributed by atoms with Gasteiger partial charge >= 0.3 is 0 Å². The normalized spacial score (nSPS) is 34.2. The van der Waals surface area contributed by atoms with E-state index in [4.69, 9.17) is 5.26 Å². The second-order valence-corrected chi connectivity index (χ2v) is 28.5. The van der Waals surface area contributed by atoms with E-state index < -0.39 is 32.3 Å². The molecule has 0 radical (unpaired) electrons. The predicted octanol–water partition coefficient (Wildman–Crippen LogP) is 10.2. The van der Waals surface area contributed by atoms with E-state index in [1.165, 1.54) is 53.3 Å². The Morgan fingerprint density at radius 1 is 0.765 bits per heavy atom. The van der Waals surface area contributed by atoms with E-state index in [1.54, 1.807) is 26.2 Å². The molecular weight excluding hydrogens is 898 g/mol. The summed E-state index contributed by atoms with van der Waals surface area (Å²) in [5.74, 6) is 9.96. The van der Waals surface area contributed by atoms with Crippen LogP contribution in [0.15, 0.2) is 18.3 Å². The van der Waals surface area contributed by atoms with Crippen molar-refractivity contribution in [3.8, 4) is 6.07 Å². The van der Waals surface area contributed by atoms with Gasteiger partial charge in [0.15, 0.2) is 0 Å². The molecule has 14 heteroatoms. The zero-order valence-electron chi connectivity index (χ0n) is 43.9. The number of rotatable bonds is 11. The number of hydrogen-bond acceptors (Lipinski definition) is 9. The average molecular weight is 993 g/mol. The second-order valence-electron chi connectivity index (χ2n) is 24.2. The van der Waals surface area contributed by atoms with Crippen molar-refractivity contribution in [2.45, 2.75) is 176 Å². The van der Waals surface area contributed by atoms with Crippen molar-refractivity contribution in [2.75, 3.05) is 56.7 Å². The standard InChI is InChI=1S/C15H29NO3S.C14H18FN3.C13H22O.C12H25NO2S/c1-12(2)14-7-5-13(6-8-14)11-20(18,19)16-9-3-4-15(17)10-16;1-10(2)12-5-6-18(9-13(12)15)14-4-3-11(7-16)8-17-14;1-8(2)12-10-3-9-4-11(12)7-13(14,5-9)6-10;1-10(2)12-7-5-11(6-8-12)9-16(14,15)13(3)4/h12-15,17H,3-11H2,1-2H3;3-4,8,10,12-13H,5-6,9H2,1-2H3;8-12,14H,3-7H2,1-2H3;10-12H,5-9H2,1-4H3/t13?,14?,15-;;;/m1.../s1. The van der Waals surface area contributed by atoms with E-state index in [-0.39, 0.29) is 17.3 Å². The molecule has 3 heterocycles. The summed E-state index contributed by atoms with van der Waals surface area (Å²) in [6.45, 7) is 20.1. The van der Waals surface area contributed by atoms with Crippen LogP contribution in [0, 0.1) is 88.3 Å². The van der Waals surface area contributed by atoms with Crippen LogP contribution in [-0.2, 0) is 20.0 Å². The maximum Gasteiger partial charge on any atom is 0.214 e. The molecule has 9 rings (SSSR count). The monoisotopic (exact) mass is 992 g/mol. The van der Waals surface area contributed by atoms with Crippen LogP contribution in [0.5, 0.6) is 0 Å². The van der Waals surface area contributed by atoms with Crippen molar-refractivity contribution >= 4 is 25.9 Å². The van der Waals surface area contributed by atoms with Crippen molar-refractivity contribution < 1.29 is 31.4 Å². The van der Waals surface area contributed by atoms with Gasteiger partial charge in [0.2, 0.25) is 20.0 Å². The summed E-state index contributed by atoms with van der Waals surface area (Å²) >= 11 is 0. The minimum absolute atomic E-state index is 0.152. The molecule has 2 N–H and O–H groups in total. The van der Waals surface area contributed by atoms with E-state index in [9.17, 15) is 31.4 Å². The number of aromatic nitrogens is 1. The lowest BCUT2D eigenvalue weighted by atomic mass is 9.48. The van der Waals surface area contributed by atoms with E-state index in [2.05, 4.69) is 60.4 Å². The minimum atomic E-state index is -3.18. The van der Waals surface area contributed by atoms with Crippen molar-refractivity contribution in [3.63, 3.8) is 0 Å². The van der Waals surface area contributed by atoms with Gasteiger partial charge in [-0.1, -0.05) is 55.4 Å². The highest BCUT2D eigenvalue weighted by molar-refractivity contribution is 7.89. The Kier molecular flexibility index (Phi) is 21.1. The number of sulfonamides is 2. The molecule has 4 bridgehead atoms. The Morgan fingerprint density at radius 3 is 1.75 bits per heavy atom. The molecule has 1 aromatic heterocycles. The van der Waals surface area contributed by atoms with Crippen molar-refractivity contribution in [2.24, 2.45) is 76.9 Å². The number of aliphatic hydroxyl groups is 2. The first kappa shape index (κ1) is 57.0. The number of alkyl halides is 1. The van der Waals surface area contributed by atoms with Gasteiger partial charge in [0.05, 0.1) is 35.3 Å². The summed E-state index contributed by atoms with van der Waals surface area (Å²) in [6, 6.07) is 5.55. The van der Waals surface area contributed by atoms with Gasteiger partial charge in [-0.25, -0.2) is 30.5 Å². The van der Waals surface area contributed by atoms with E-state index >= 15 is 0 Å². The molecule has 0 amide bonds. The summed E-state index contributed by atoms with van der Waals surface area (Å²) in [5.41, 5.74) is 0.301. The van der Waals surface area contributed by atoms with Crippen molar-refractivity contribution in [1.29, 1.82) is 5.26 Å². The van der Waals surface area contributed by atoms with E-state index in [0.717, 1.165) is 124 Å². The molecule has 6 aliphatic carbocycles. The number of hydrogen-bond donors (Lipinski definition) is 2. The van der Waals surface area contributed by atoms with Gasteiger partial charge in [-0.3, -0.25) is 0 Å². The third kappa shape index (κ3) is 16.1. The average Bonchev–Trinajstić information content (AvgIpc) is 3.26. The zero-order chi connectivity index (χ0) is 50.1. The number of piperidine rings is 2. The minimum Gasteiger partial charge on any atom is -0.392 e. The summed E-state index contributed by atoms with van der Waals surface area (Å²) < 4.78 is 65.3. The third-order valence-corrected chi connectivity index (χ3v) is 21.6. The maximum atomic E-state index is 14.1. The zero-order valence-corrected chi connectivity index (χ0v) is 45.5. The summed E-state index contributed by atoms with van der Waals surface area (Å²) in [5, 5.41) is 28.8. The molecule has 2 saturated heterocycles. The first-order valence-electron chi connectivity index (χ1n) is 26.9. The topological polar surface area (TPSA) is 155 Å². The van der Waals surface area contributed by atoms with E-state index in [0.29, 0.717) is 54.6 Å². The smallest absolute Gasteiger partial charge is 0.214 e. The van der Waals surface area contributed by atoms with Crippen LogP contribution in [-0.4, -0.2) is 110 Å². The highest BCUT2D eigenvalue weighted by atomic mass is 32.2. The fourth-order valence-electron chi connectivity index (χ4n) is 13.7. The molecule has 390 valence electrons. The summed E-state index contributed by atoms with van der Waals surface area (Å²) in [6.07, 6.45) is 17.8. The molecule has 8 aliphatic rings. The van der Waals surface area contributed by atoms with Gasteiger partial charge in [0, 0.05) is 39.9 Å². The molecule has 2 aliphatic heterocycles. The molecule has 0 spiro atoms. The van der Waals surface area contributed by atoms with Gasteiger partial charge in [-0.2, -0.15) is 9.57 Å². The van der Waals surface area contributed by atoms with Gasteiger partial charge in [-0.15, -0.1) is 0 Å². The van der Waals surface area contributed by atoms with Gasteiger partial charge < -0.3 is 15.1 Å². The number of halogens is 1. The number of β-amino-alcohol motifs (C(OH)–C–C–N with tert-alkyl or cyclic N) is 1. The molecule has 1 aromatic rings. The van der Waals surface area contributed by atoms with Crippen LogP contribution >= 0.6 is 0 Å². The third-order valence-electron chi connectivity index (χ3n) is 17.6. The first-order valence-corrected chi connectivity index (χ1v) is 30.2. The molecule has 6 saturated carbocycles. The quantitative estimate of drug-likeness (QED) is 0.220. The Labute approximate surface area is 413 Å². The molecule has 68 heavy (non-hydrogen) atoms. The molecule has 8 fully saturated rings. The number of nitrogens with zero attached hydrogens (tertiary/aromatic N) is 5. The lowest BCUT2D eigenvalue weighted by Crippen LogP contribution is -2.55. The number of pyridine rings is 1. The molecule has 4 unspecified atom stereocenters. The van der Waals surface area contributed by atoms with Crippen LogP contribution in [0.3, 0.4) is 0 Å².